The van der Waals surface area contributed by atoms with Gasteiger partial charge in [0.25, 0.3) is 5.91 Å². The summed E-state index contributed by atoms with van der Waals surface area (Å²) >= 11 is 0. The summed E-state index contributed by atoms with van der Waals surface area (Å²) in [6.07, 6.45) is 0.0671. The summed E-state index contributed by atoms with van der Waals surface area (Å²) in [5.74, 6) is 0.0808. The maximum atomic E-state index is 13.8. The summed E-state index contributed by atoms with van der Waals surface area (Å²) in [6.45, 7) is 3.77. The van der Waals surface area contributed by atoms with Crippen LogP contribution in [-0.4, -0.2) is 51.3 Å². The molecule has 0 bridgehead atoms. The monoisotopic (exact) mass is 522 g/mol. The number of anilines is 1. The Morgan fingerprint density at radius 1 is 0.865 bits per heavy atom. The highest BCUT2D eigenvalue weighted by molar-refractivity contribution is 7.89. The van der Waals surface area contributed by atoms with Crippen LogP contribution < -0.4 is 14.4 Å². The normalized spacial score (nSPS) is 15.9. The zero-order valence-corrected chi connectivity index (χ0v) is 22.1. The molecule has 2 amide bonds. The van der Waals surface area contributed by atoms with Gasteiger partial charge in [-0.15, -0.1) is 0 Å². The first kappa shape index (κ1) is 26.4. The van der Waals surface area contributed by atoms with Crippen molar-refractivity contribution < 1.29 is 27.5 Å². The van der Waals surface area contributed by atoms with E-state index in [1.54, 1.807) is 48.5 Å². The number of carbonyl (C=O) groups is 2. The highest BCUT2D eigenvalue weighted by atomic mass is 32.2. The lowest BCUT2D eigenvalue weighted by molar-refractivity contribution is -0.122. The largest absolute Gasteiger partial charge is 0.493 e. The summed E-state index contributed by atoms with van der Waals surface area (Å²) in [5.41, 5.74) is 3.12. The summed E-state index contributed by atoms with van der Waals surface area (Å²) in [6, 6.07) is 17.6. The van der Waals surface area contributed by atoms with Crippen LogP contribution in [0.3, 0.4) is 0 Å². The fraction of sp³-hybridized carbons (Fsp3) is 0.286. The van der Waals surface area contributed by atoms with Crippen molar-refractivity contribution in [3.63, 3.8) is 0 Å². The fourth-order valence-corrected chi connectivity index (χ4v) is 5.95. The second-order valence-electron chi connectivity index (χ2n) is 8.99. The molecule has 0 aliphatic carbocycles. The van der Waals surface area contributed by atoms with Gasteiger partial charge in [-0.2, -0.15) is 4.31 Å². The lowest BCUT2D eigenvalue weighted by Gasteiger charge is -2.27. The van der Waals surface area contributed by atoms with Gasteiger partial charge in [-0.05, 0) is 62.2 Å². The van der Waals surface area contributed by atoms with Crippen LogP contribution in [0.5, 0.6) is 11.5 Å². The van der Waals surface area contributed by atoms with Gasteiger partial charge < -0.3 is 9.47 Å². The molecule has 0 aromatic heterocycles. The van der Waals surface area contributed by atoms with Gasteiger partial charge in [0.2, 0.25) is 15.9 Å². The third-order valence-electron chi connectivity index (χ3n) is 6.46. The van der Waals surface area contributed by atoms with Gasteiger partial charge in [-0.1, -0.05) is 41.5 Å². The molecule has 1 aliphatic heterocycles. The SMILES string of the molecule is COc1ccc(CCN(C2CC(=O)N(c3ccc(C)cc3)C2=O)S(=O)(=O)c2ccc(C)cc2)cc1OC. The molecule has 0 radical (unpaired) electrons. The third-order valence-corrected chi connectivity index (χ3v) is 8.38. The number of methoxy groups -OCH3 is 2. The van der Waals surface area contributed by atoms with Crippen LogP contribution in [0.4, 0.5) is 5.69 Å². The zero-order valence-electron chi connectivity index (χ0n) is 21.3. The van der Waals surface area contributed by atoms with Gasteiger partial charge in [-0.3, -0.25) is 9.59 Å². The van der Waals surface area contributed by atoms with Crippen molar-refractivity contribution >= 4 is 27.5 Å². The Bertz CT molecular complexity index is 1400. The Balaban J connectivity index is 1.69. The van der Waals surface area contributed by atoms with E-state index in [0.29, 0.717) is 23.6 Å². The number of hydrogen-bond donors (Lipinski definition) is 0. The minimum atomic E-state index is -4.09. The fourth-order valence-electron chi connectivity index (χ4n) is 4.37. The van der Waals surface area contributed by atoms with Crippen molar-refractivity contribution in [1.29, 1.82) is 0 Å². The van der Waals surface area contributed by atoms with Crippen molar-refractivity contribution in [1.82, 2.24) is 4.31 Å². The van der Waals surface area contributed by atoms with Gasteiger partial charge in [0.05, 0.1) is 31.2 Å². The van der Waals surface area contributed by atoms with Crippen molar-refractivity contribution in [2.75, 3.05) is 25.7 Å². The van der Waals surface area contributed by atoms with E-state index < -0.39 is 27.9 Å². The van der Waals surface area contributed by atoms with Gasteiger partial charge in [0, 0.05) is 6.54 Å². The first-order valence-electron chi connectivity index (χ1n) is 11.9. The molecule has 0 saturated carbocycles. The number of nitrogens with zero attached hydrogens (tertiary/aromatic N) is 2. The van der Waals surface area contributed by atoms with E-state index in [-0.39, 0.29) is 17.9 Å². The van der Waals surface area contributed by atoms with Crippen LogP contribution in [0, 0.1) is 13.8 Å². The molecule has 0 spiro atoms. The third kappa shape index (κ3) is 5.38. The van der Waals surface area contributed by atoms with Crippen LogP contribution in [0.25, 0.3) is 0 Å². The molecular weight excluding hydrogens is 492 g/mol. The van der Waals surface area contributed by atoms with E-state index >= 15 is 0 Å². The summed E-state index contributed by atoms with van der Waals surface area (Å²) in [7, 11) is -1.03. The molecule has 3 aromatic rings. The quantitative estimate of drug-likeness (QED) is 0.396. The number of benzene rings is 3. The number of sulfonamides is 1. The highest BCUT2D eigenvalue weighted by Gasteiger charge is 2.46. The van der Waals surface area contributed by atoms with E-state index in [9.17, 15) is 18.0 Å². The molecule has 9 heteroatoms. The molecule has 37 heavy (non-hydrogen) atoms. The molecule has 1 atom stereocenters. The Kier molecular flexibility index (Phi) is 7.65. The van der Waals surface area contributed by atoms with Crippen molar-refractivity contribution in [2.45, 2.75) is 37.6 Å². The van der Waals surface area contributed by atoms with Crippen LogP contribution in [0.2, 0.25) is 0 Å². The lowest BCUT2D eigenvalue weighted by Crippen LogP contribution is -2.46. The average molecular weight is 523 g/mol. The number of amides is 2. The number of hydrogen-bond acceptors (Lipinski definition) is 6. The first-order chi connectivity index (χ1) is 17.6. The molecule has 0 N–H and O–H groups in total. The first-order valence-corrected chi connectivity index (χ1v) is 13.3. The zero-order chi connectivity index (χ0) is 26.7. The highest BCUT2D eigenvalue weighted by Crippen LogP contribution is 2.31. The summed E-state index contributed by atoms with van der Waals surface area (Å²) in [4.78, 5) is 27.7. The van der Waals surface area contributed by atoms with Gasteiger partial charge in [0.15, 0.2) is 11.5 Å². The molecule has 1 saturated heterocycles. The van der Waals surface area contributed by atoms with Crippen LogP contribution in [0.15, 0.2) is 71.6 Å². The van der Waals surface area contributed by atoms with E-state index in [2.05, 4.69) is 0 Å². The molecule has 1 unspecified atom stereocenters. The number of imide groups is 1. The second-order valence-corrected chi connectivity index (χ2v) is 10.9. The van der Waals surface area contributed by atoms with E-state index in [1.165, 1.54) is 26.4 Å². The summed E-state index contributed by atoms with van der Waals surface area (Å²) < 4.78 is 39.4. The smallest absolute Gasteiger partial charge is 0.252 e. The van der Waals surface area contributed by atoms with Crippen LogP contribution in [0.1, 0.15) is 23.1 Å². The van der Waals surface area contributed by atoms with Gasteiger partial charge in [0.1, 0.15) is 6.04 Å². The van der Waals surface area contributed by atoms with Crippen molar-refractivity contribution in [3.05, 3.63) is 83.4 Å². The maximum Gasteiger partial charge on any atom is 0.252 e. The molecule has 8 nitrogen and oxygen atoms in total. The predicted molar refractivity (Wildman–Crippen MR) is 140 cm³/mol. The van der Waals surface area contributed by atoms with E-state index in [4.69, 9.17) is 9.47 Å². The second kappa shape index (κ2) is 10.7. The lowest BCUT2D eigenvalue weighted by atomic mass is 10.1. The Morgan fingerprint density at radius 2 is 1.46 bits per heavy atom. The average Bonchev–Trinajstić information content (AvgIpc) is 3.17. The molecule has 3 aromatic carbocycles. The molecule has 1 heterocycles. The van der Waals surface area contributed by atoms with Crippen molar-refractivity contribution in [2.24, 2.45) is 0 Å². The molecule has 4 rings (SSSR count). The Hall–Kier alpha value is -3.69. The molecule has 1 fully saturated rings. The number of ether oxygens (including phenoxy) is 2. The Morgan fingerprint density at radius 3 is 2.05 bits per heavy atom. The number of carbonyl (C=O) groups excluding carboxylic acids is 2. The van der Waals surface area contributed by atoms with Crippen LogP contribution >= 0.6 is 0 Å². The summed E-state index contributed by atoms with van der Waals surface area (Å²) in [5, 5.41) is 0. The number of rotatable bonds is 9. The minimum Gasteiger partial charge on any atom is -0.493 e. The minimum absolute atomic E-state index is 0.00286. The van der Waals surface area contributed by atoms with Gasteiger partial charge >= 0.3 is 0 Å². The molecule has 1 aliphatic rings. The molecular formula is C28H30N2O6S. The Labute approximate surface area is 217 Å². The van der Waals surface area contributed by atoms with Crippen LogP contribution in [-0.2, 0) is 26.0 Å². The molecule has 194 valence electrons. The van der Waals surface area contributed by atoms with E-state index in [1.807, 2.05) is 19.9 Å². The topological polar surface area (TPSA) is 93.2 Å². The predicted octanol–water partition coefficient (Wildman–Crippen LogP) is 3.89. The van der Waals surface area contributed by atoms with E-state index in [0.717, 1.165) is 25.9 Å². The van der Waals surface area contributed by atoms with Crippen molar-refractivity contribution in [3.8, 4) is 11.5 Å². The number of aryl methyl sites for hydroxylation is 2. The van der Waals surface area contributed by atoms with Gasteiger partial charge in [-0.25, -0.2) is 13.3 Å². The maximum absolute atomic E-state index is 13.8. The standard InChI is InChI=1S/C28H30N2O6S/c1-19-5-10-22(11-6-19)30-27(31)18-24(28(30)32)29(37(33,34)23-12-7-20(2)8-13-23)16-15-21-9-14-25(35-3)26(17-21)36-4/h5-14,17,24H,15-16,18H2,1-4H3.